The average Bonchev–Trinajstić information content (AvgIpc) is 2.25. The molecule has 0 aliphatic heterocycles. The first-order chi connectivity index (χ1) is 7.96. The molecule has 2 rings (SSSR count). The lowest BCUT2D eigenvalue weighted by atomic mass is 9.97. The summed E-state index contributed by atoms with van der Waals surface area (Å²) in [5, 5.41) is 1.72. The number of aromatic nitrogens is 1. The SMILES string of the molecule is CC(C)(N)CCc1cc2ccccc2nc1Cl. The molecule has 0 unspecified atom stereocenters. The molecule has 0 saturated heterocycles. The molecule has 0 amide bonds. The Balaban J connectivity index is 2.31. The molecule has 0 aliphatic carbocycles. The zero-order valence-corrected chi connectivity index (χ0v) is 11.0. The molecular weight excluding hydrogens is 232 g/mol. The molecule has 0 radical (unpaired) electrons. The van der Waals surface area contributed by atoms with Crippen molar-refractivity contribution < 1.29 is 0 Å². The van der Waals surface area contributed by atoms with Gasteiger partial charge in [-0.15, -0.1) is 0 Å². The number of para-hydroxylation sites is 1. The van der Waals surface area contributed by atoms with E-state index in [9.17, 15) is 0 Å². The topological polar surface area (TPSA) is 38.9 Å². The largest absolute Gasteiger partial charge is 0.326 e. The van der Waals surface area contributed by atoms with Crippen molar-refractivity contribution in [2.45, 2.75) is 32.2 Å². The van der Waals surface area contributed by atoms with Gasteiger partial charge in [-0.1, -0.05) is 29.8 Å². The van der Waals surface area contributed by atoms with E-state index in [1.165, 1.54) is 0 Å². The molecule has 3 heteroatoms. The van der Waals surface area contributed by atoms with E-state index >= 15 is 0 Å². The molecule has 0 saturated carbocycles. The first kappa shape index (κ1) is 12.3. The molecule has 0 atom stereocenters. The highest BCUT2D eigenvalue weighted by atomic mass is 35.5. The average molecular weight is 249 g/mol. The van der Waals surface area contributed by atoms with E-state index in [-0.39, 0.29) is 5.54 Å². The molecule has 1 aromatic carbocycles. The van der Waals surface area contributed by atoms with Crippen LogP contribution in [0.1, 0.15) is 25.8 Å². The van der Waals surface area contributed by atoms with Crippen LogP contribution in [0.3, 0.4) is 0 Å². The van der Waals surface area contributed by atoms with Crippen LogP contribution in [0.2, 0.25) is 5.15 Å². The highest BCUT2D eigenvalue weighted by Gasteiger charge is 2.12. The molecule has 1 heterocycles. The van der Waals surface area contributed by atoms with Crippen LogP contribution in [-0.4, -0.2) is 10.5 Å². The molecule has 0 bridgehead atoms. The van der Waals surface area contributed by atoms with E-state index < -0.39 is 0 Å². The van der Waals surface area contributed by atoms with E-state index in [2.05, 4.69) is 17.1 Å². The summed E-state index contributed by atoms with van der Waals surface area (Å²) in [4.78, 5) is 4.40. The van der Waals surface area contributed by atoms with Gasteiger partial charge in [-0.25, -0.2) is 4.98 Å². The molecule has 2 nitrogen and oxygen atoms in total. The molecule has 2 N–H and O–H groups in total. The summed E-state index contributed by atoms with van der Waals surface area (Å²) in [5.41, 5.74) is 7.82. The minimum absolute atomic E-state index is 0.172. The van der Waals surface area contributed by atoms with Crippen LogP contribution >= 0.6 is 11.6 Å². The monoisotopic (exact) mass is 248 g/mol. The lowest BCUT2D eigenvalue weighted by Crippen LogP contribution is -2.32. The molecule has 0 aliphatic rings. The van der Waals surface area contributed by atoms with Crippen molar-refractivity contribution in [3.8, 4) is 0 Å². The Morgan fingerprint density at radius 1 is 1.29 bits per heavy atom. The van der Waals surface area contributed by atoms with Crippen LogP contribution in [0.25, 0.3) is 10.9 Å². The van der Waals surface area contributed by atoms with Crippen molar-refractivity contribution in [3.63, 3.8) is 0 Å². The summed E-state index contributed by atoms with van der Waals surface area (Å²) in [7, 11) is 0. The number of halogens is 1. The van der Waals surface area contributed by atoms with Crippen molar-refractivity contribution in [3.05, 3.63) is 41.0 Å². The van der Waals surface area contributed by atoms with Gasteiger partial charge >= 0.3 is 0 Å². The van der Waals surface area contributed by atoms with Crippen LogP contribution in [0, 0.1) is 0 Å². The van der Waals surface area contributed by atoms with E-state index in [0.717, 1.165) is 29.3 Å². The highest BCUT2D eigenvalue weighted by molar-refractivity contribution is 6.30. The Kier molecular flexibility index (Phi) is 3.36. The fourth-order valence-electron chi connectivity index (χ4n) is 1.77. The number of aryl methyl sites for hydroxylation is 1. The zero-order chi connectivity index (χ0) is 12.5. The predicted octanol–water partition coefficient (Wildman–Crippen LogP) is 3.56. The van der Waals surface area contributed by atoms with Crippen LogP contribution in [0.4, 0.5) is 0 Å². The van der Waals surface area contributed by atoms with E-state index in [1.807, 2.05) is 32.0 Å². The Bertz CT molecular complexity index is 529. The molecule has 0 fully saturated rings. The summed E-state index contributed by atoms with van der Waals surface area (Å²) in [6.07, 6.45) is 1.76. The number of rotatable bonds is 3. The van der Waals surface area contributed by atoms with E-state index in [0.29, 0.717) is 5.15 Å². The number of fused-ring (bicyclic) bond motifs is 1. The predicted molar refractivity (Wildman–Crippen MR) is 73.3 cm³/mol. The fourth-order valence-corrected chi connectivity index (χ4v) is 2.01. The molecule has 90 valence electrons. The fraction of sp³-hybridized carbons (Fsp3) is 0.357. The lowest BCUT2D eigenvalue weighted by Gasteiger charge is -2.18. The Morgan fingerprint density at radius 3 is 2.71 bits per heavy atom. The van der Waals surface area contributed by atoms with Crippen molar-refractivity contribution in [1.29, 1.82) is 0 Å². The third-order valence-corrected chi connectivity index (χ3v) is 3.12. The normalized spacial score (nSPS) is 12.0. The third kappa shape index (κ3) is 3.18. The van der Waals surface area contributed by atoms with E-state index in [4.69, 9.17) is 17.3 Å². The third-order valence-electron chi connectivity index (χ3n) is 2.79. The molecule has 0 spiro atoms. The standard InChI is InChI=1S/C14H17ClN2/c1-14(2,16)8-7-11-9-10-5-3-4-6-12(10)17-13(11)15/h3-6,9H,7-8,16H2,1-2H3. The number of nitrogens with zero attached hydrogens (tertiary/aromatic N) is 1. The van der Waals surface area contributed by atoms with Gasteiger partial charge in [0, 0.05) is 10.9 Å². The number of benzene rings is 1. The Labute approximate surface area is 107 Å². The number of hydrogen-bond acceptors (Lipinski definition) is 2. The first-order valence-electron chi connectivity index (χ1n) is 5.79. The van der Waals surface area contributed by atoms with Gasteiger partial charge in [0.2, 0.25) is 0 Å². The molecule has 17 heavy (non-hydrogen) atoms. The first-order valence-corrected chi connectivity index (χ1v) is 6.16. The summed E-state index contributed by atoms with van der Waals surface area (Å²) in [6.45, 7) is 4.05. The van der Waals surface area contributed by atoms with Crippen LogP contribution in [0.15, 0.2) is 30.3 Å². The van der Waals surface area contributed by atoms with Crippen LogP contribution < -0.4 is 5.73 Å². The maximum absolute atomic E-state index is 6.18. The van der Waals surface area contributed by atoms with Gasteiger partial charge in [-0.05, 0) is 44.4 Å². The minimum Gasteiger partial charge on any atom is -0.326 e. The highest BCUT2D eigenvalue weighted by Crippen LogP contribution is 2.22. The van der Waals surface area contributed by atoms with Gasteiger partial charge in [0.25, 0.3) is 0 Å². The smallest absolute Gasteiger partial charge is 0.132 e. The lowest BCUT2D eigenvalue weighted by molar-refractivity contribution is 0.477. The van der Waals surface area contributed by atoms with Gasteiger partial charge in [0.1, 0.15) is 5.15 Å². The van der Waals surface area contributed by atoms with Crippen molar-refractivity contribution in [2.75, 3.05) is 0 Å². The molecule has 1 aromatic heterocycles. The maximum atomic E-state index is 6.18. The van der Waals surface area contributed by atoms with Crippen molar-refractivity contribution >= 4 is 22.5 Å². The molecule has 2 aromatic rings. The summed E-state index contributed by atoms with van der Waals surface area (Å²) < 4.78 is 0. The van der Waals surface area contributed by atoms with Gasteiger partial charge in [0.05, 0.1) is 5.52 Å². The number of nitrogens with two attached hydrogens (primary N) is 1. The molecular formula is C14H17ClN2. The summed E-state index contributed by atoms with van der Waals surface area (Å²) in [5.74, 6) is 0. The second-order valence-corrected chi connectivity index (χ2v) is 5.48. The van der Waals surface area contributed by atoms with Crippen LogP contribution in [0.5, 0.6) is 0 Å². The zero-order valence-electron chi connectivity index (χ0n) is 10.2. The van der Waals surface area contributed by atoms with Gasteiger partial charge in [-0.3, -0.25) is 0 Å². The van der Waals surface area contributed by atoms with Crippen molar-refractivity contribution in [1.82, 2.24) is 4.98 Å². The second kappa shape index (κ2) is 4.63. The van der Waals surface area contributed by atoms with Gasteiger partial charge in [-0.2, -0.15) is 0 Å². The van der Waals surface area contributed by atoms with Crippen LogP contribution in [-0.2, 0) is 6.42 Å². The quantitative estimate of drug-likeness (QED) is 0.844. The van der Waals surface area contributed by atoms with Gasteiger partial charge in [0.15, 0.2) is 0 Å². The number of hydrogen-bond donors (Lipinski definition) is 1. The van der Waals surface area contributed by atoms with Gasteiger partial charge < -0.3 is 5.73 Å². The van der Waals surface area contributed by atoms with Crippen molar-refractivity contribution in [2.24, 2.45) is 5.73 Å². The Morgan fingerprint density at radius 2 is 2.00 bits per heavy atom. The number of pyridine rings is 1. The maximum Gasteiger partial charge on any atom is 0.132 e. The minimum atomic E-state index is -0.172. The summed E-state index contributed by atoms with van der Waals surface area (Å²) >= 11 is 6.18. The second-order valence-electron chi connectivity index (χ2n) is 5.12. The summed E-state index contributed by atoms with van der Waals surface area (Å²) in [6, 6.07) is 10.1. The Hall–Kier alpha value is -1.12. The van der Waals surface area contributed by atoms with E-state index in [1.54, 1.807) is 0 Å².